The Labute approximate surface area is 327 Å². The molecule has 0 aromatic heterocycles. The molecule has 0 aliphatic carbocycles. The monoisotopic (exact) mass is 756 g/mol. The lowest BCUT2D eigenvalue weighted by molar-refractivity contribution is 0.0989. The van der Waals surface area contributed by atoms with Crippen molar-refractivity contribution >= 4 is 44.7 Å². The second kappa shape index (κ2) is 16.1. The number of hydrogen-bond donors (Lipinski definition) is 1. The summed E-state index contributed by atoms with van der Waals surface area (Å²) in [6, 6.07) is 23.5. The van der Waals surface area contributed by atoms with Crippen molar-refractivity contribution in [3.8, 4) is 45.6 Å². The SMILES string of the molecule is CCc1cccc(N(C(=O)c2c(OC)c(OC)cc3c(OC)c(-c4c(C)cc5c(C(N)=O)c(OC)c(OC)cc5c4OC)c(C)cc23)c2cccc(CC)c2)c1. The summed E-state index contributed by atoms with van der Waals surface area (Å²) in [5.41, 5.74) is 13.1. The molecule has 0 heterocycles. The van der Waals surface area contributed by atoms with Crippen molar-refractivity contribution < 1.29 is 38.0 Å². The number of amides is 2. The lowest BCUT2D eigenvalue weighted by Crippen LogP contribution is -2.27. The Morgan fingerprint density at radius 2 is 0.946 bits per heavy atom. The Bertz CT molecular complexity index is 2460. The van der Waals surface area contributed by atoms with Crippen LogP contribution in [-0.2, 0) is 12.8 Å². The molecule has 56 heavy (non-hydrogen) atoms. The lowest BCUT2D eigenvalue weighted by atomic mass is 9.87. The third-order valence-corrected chi connectivity index (χ3v) is 10.3. The van der Waals surface area contributed by atoms with Gasteiger partial charge in [-0.3, -0.25) is 14.5 Å². The first-order valence-electron chi connectivity index (χ1n) is 18.4. The number of rotatable bonds is 13. The van der Waals surface area contributed by atoms with Gasteiger partial charge in [0.25, 0.3) is 11.8 Å². The van der Waals surface area contributed by atoms with E-state index in [-0.39, 0.29) is 17.2 Å². The summed E-state index contributed by atoms with van der Waals surface area (Å²) in [6.45, 7) is 8.06. The van der Waals surface area contributed by atoms with E-state index in [1.807, 2.05) is 68.4 Å². The molecule has 0 saturated carbocycles. The van der Waals surface area contributed by atoms with E-state index in [0.717, 1.165) is 57.6 Å². The van der Waals surface area contributed by atoms with E-state index in [0.29, 0.717) is 55.9 Å². The van der Waals surface area contributed by atoms with Gasteiger partial charge in [-0.15, -0.1) is 0 Å². The van der Waals surface area contributed by atoms with Crippen LogP contribution in [0.2, 0.25) is 0 Å². The zero-order valence-corrected chi connectivity index (χ0v) is 33.6. The van der Waals surface area contributed by atoms with Crippen molar-refractivity contribution in [3.05, 3.63) is 106 Å². The Hall–Kier alpha value is -6.42. The molecule has 6 aromatic carbocycles. The maximum Gasteiger partial charge on any atom is 0.267 e. The van der Waals surface area contributed by atoms with Gasteiger partial charge < -0.3 is 34.2 Å². The van der Waals surface area contributed by atoms with Crippen molar-refractivity contribution in [1.82, 2.24) is 0 Å². The van der Waals surface area contributed by atoms with E-state index in [9.17, 15) is 4.79 Å². The summed E-state index contributed by atoms with van der Waals surface area (Å²) >= 11 is 0. The Balaban J connectivity index is 1.72. The highest BCUT2D eigenvalue weighted by Gasteiger charge is 2.32. The topological polar surface area (TPSA) is 119 Å². The predicted octanol–water partition coefficient (Wildman–Crippen LogP) is 9.53. The number of ether oxygens (including phenoxy) is 6. The summed E-state index contributed by atoms with van der Waals surface area (Å²) in [6.07, 6.45) is 1.61. The van der Waals surface area contributed by atoms with Gasteiger partial charge in [-0.25, -0.2) is 0 Å². The van der Waals surface area contributed by atoms with Crippen LogP contribution in [-0.4, -0.2) is 54.5 Å². The number of carbonyl (C=O) groups is 2. The Morgan fingerprint density at radius 1 is 0.536 bits per heavy atom. The number of hydrogen-bond acceptors (Lipinski definition) is 8. The van der Waals surface area contributed by atoms with Gasteiger partial charge in [0.15, 0.2) is 23.0 Å². The minimum Gasteiger partial charge on any atom is -0.495 e. The van der Waals surface area contributed by atoms with Gasteiger partial charge in [0.05, 0.1) is 53.8 Å². The summed E-state index contributed by atoms with van der Waals surface area (Å²) in [7, 11) is 9.20. The van der Waals surface area contributed by atoms with Crippen LogP contribution in [0.1, 0.15) is 56.8 Å². The van der Waals surface area contributed by atoms with Gasteiger partial charge in [-0.05, 0) is 97.5 Å². The highest BCUT2D eigenvalue weighted by molar-refractivity contribution is 6.21. The van der Waals surface area contributed by atoms with E-state index in [4.69, 9.17) is 34.2 Å². The van der Waals surface area contributed by atoms with Gasteiger partial charge in [0, 0.05) is 44.0 Å². The molecule has 10 nitrogen and oxygen atoms in total. The minimum absolute atomic E-state index is 0.176. The molecule has 0 aliphatic heterocycles. The number of nitrogens with zero attached hydrogens (tertiary/aromatic N) is 1. The van der Waals surface area contributed by atoms with Crippen LogP contribution in [0.25, 0.3) is 32.7 Å². The number of benzene rings is 6. The molecule has 0 atom stereocenters. The second-order valence-corrected chi connectivity index (χ2v) is 13.4. The number of fused-ring (bicyclic) bond motifs is 2. The molecule has 0 spiro atoms. The summed E-state index contributed by atoms with van der Waals surface area (Å²) < 4.78 is 35.7. The average molecular weight is 757 g/mol. The fourth-order valence-corrected chi connectivity index (χ4v) is 7.73. The fraction of sp³-hybridized carbons (Fsp3) is 0.261. The molecule has 290 valence electrons. The van der Waals surface area contributed by atoms with Crippen molar-refractivity contribution in [2.24, 2.45) is 5.73 Å². The van der Waals surface area contributed by atoms with Gasteiger partial charge in [0.2, 0.25) is 0 Å². The van der Waals surface area contributed by atoms with Gasteiger partial charge >= 0.3 is 0 Å². The standard InChI is InChI=1S/C46H48N2O8/c1-11-27-15-13-17-29(21-27)48(30-18-14-16-28(12-2)22-30)46(50)40-32-20-26(4)38(42(54-8)34(32)24-36(52-6)44(40)56-10)37-25(3)19-31-33(41(37)53-7)23-35(51-5)43(55-9)39(31)45(47)49/h13-24H,11-12H2,1-10H3,(H2,47,49). The minimum atomic E-state index is -0.672. The molecule has 0 radical (unpaired) electrons. The molecular formula is C46H48N2O8. The molecule has 0 unspecified atom stereocenters. The van der Waals surface area contributed by atoms with Crippen molar-refractivity contribution in [2.75, 3.05) is 47.6 Å². The van der Waals surface area contributed by atoms with Crippen molar-refractivity contribution in [2.45, 2.75) is 40.5 Å². The van der Waals surface area contributed by atoms with E-state index in [1.165, 1.54) is 21.3 Å². The number of anilines is 2. The van der Waals surface area contributed by atoms with Gasteiger partial charge in [-0.1, -0.05) is 38.1 Å². The predicted molar refractivity (Wildman–Crippen MR) is 222 cm³/mol. The van der Waals surface area contributed by atoms with Crippen LogP contribution in [0.5, 0.6) is 34.5 Å². The average Bonchev–Trinajstić information content (AvgIpc) is 3.21. The fourth-order valence-electron chi connectivity index (χ4n) is 7.73. The number of primary amides is 1. The highest BCUT2D eigenvalue weighted by atomic mass is 16.5. The quantitative estimate of drug-likeness (QED) is 0.124. The highest BCUT2D eigenvalue weighted by Crippen LogP contribution is 2.52. The van der Waals surface area contributed by atoms with Crippen LogP contribution in [0.4, 0.5) is 11.4 Å². The van der Waals surface area contributed by atoms with Gasteiger partial charge in [-0.2, -0.15) is 0 Å². The lowest BCUT2D eigenvalue weighted by Gasteiger charge is -2.27. The van der Waals surface area contributed by atoms with E-state index < -0.39 is 5.91 Å². The Morgan fingerprint density at radius 3 is 1.32 bits per heavy atom. The van der Waals surface area contributed by atoms with E-state index in [2.05, 4.69) is 26.0 Å². The Kier molecular flexibility index (Phi) is 11.3. The molecule has 10 heteroatoms. The number of carbonyl (C=O) groups excluding carboxylic acids is 2. The van der Waals surface area contributed by atoms with Crippen LogP contribution >= 0.6 is 0 Å². The first-order chi connectivity index (χ1) is 27.0. The zero-order chi connectivity index (χ0) is 40.4. The number of aryl methyl sites for hydroxylation is 4. The summed E-state index contributed by atoms with van der Waals surface area (Å²) in [4.78, 5) is 30.1. The smallest absolute Gasteiger partial charge is 0.267 e. The molecule has 6 rings (SSSR count). The van der Waals surface area contributed by atoms with Gasteiger partial charge in [0.1, 0.15) is 11.5 Å². The first-order valence-corrected chi connectivity index (χ1v) is 18.4. The maximum atomic E-state index is 15.4. The second-order valence-electron chi connectivity index (χ2n) is 13.4. The molecule has 6 aromatic rings. The first kappa shape index (κ1) is 39.3. The summed E-state index contributed by atoms with van der Waals surface area (Å²) in [5, 5.41) is 2.35. The molecule has 2 N–H and O–H groups in total. The molecule has 0 bridgehead atoms. The van der Waals surface area contributed by atoms with Crippen LogP contribution in [0, 0.1) is 13.8 Å². The third kappa shape index (κ3) is 6.55. The molecule has 0 aliphatic rings. The normalized spacial score (nSPS) is 11.0. The van der Waals surface area contributed by atoms with E-state index in [1.54, 1.807) is 32.3 Å². The third-order valence-electron chi connectivity index (χ3n) is 10.3. The zero-order valence-electron chi connectivity index (χ0n) is 33.6. The maximum absolute atomic E-state index is 15.4. The number of nitrogens with two attached hydrogens (primary N) is 1. The molecule has 2 amide bonds. The molecule has 0 fully saturated rings. The molecular weight excluding hydrogens is 709 g/mol. The number of methoxy groups -OCH3 is 6. The largest absolute Gasteiger partial charge is 0.495 e. The molecule has 0 saturated heterocycles. The van der Waals surface area contributed by atoms with Crippen LogP contribution < -0.4 is 39.1 Å². The van der Waals surface area contributed by atoms with E-state index >= 15 is 4.79 Å². The van der Waals surface area contributed by atoms with Crippen molar-refractivity contribution in [3.63, 3.8) is 0 Å². The van der Waals surface area contributed by atoms with Crippen LogP contribution in [0.3, 0.4) is 0 Å². The van der Waals surface area contributed by atoms with Crippen LogP contribution in [0.15, 0.2) is 72.8 Å². The van der Waals surface area contributed by atoms with Crippen molar-refractivity contribution in [1.29, 1.82) is 0 Å². The summed E-state index contributed by atoms with van der Waals surface area (Å²) in [5.74, 6) is 1.18.